The van der Waals surface area contributed by atoms with E-state index in [0.717, 1.165) is 35.6 Å². The molecule has 2 aromatic rings. The molecule has 0 spiro atoms. The molecule has 0 radical (unpaired) electrons. The number of nitrogens with two attached hydrogens (primary N) is 2. The van der Waals surface area contributed by atoms with Crippen LogP contribution in [0.15, 0.2) is 77.9 Å². The number of benzene rings is 2. The van der Waals surface area contributed by atoms with Crippen molar-refractivity contribution in [2.45, 2.75) is 108 Å². The van der Waals surface area contributed by atoms with E-state index in [4.69, 9.17) is 16.0 Å². The third-order valence-electron chi connectivity index (χ3n) is 6.99. The molecule has 0 aliphatic rings. The maximum atomic E-state index is 14.5. The lowest BCUT2D eigenvalue weighted by Gasteiger charge is -2.21. The van der Waals surface area contributed by atoms with Gasteiger partial charge in [-0.3, -0.25) is 4.79 Å². The molecule has 0 aliphatic carbocycles. The predicted octanol–water partition coefficient (Wildman–Crippen LogP) is 10.8. The average molecular weight is 665 g/mol. The minimum atomic E-state index is -2.72. The Hall–Kier alpha value is -3.07. The summed E-state index contributed by atoms with van der Waals surface area (Å²) < 4.78 is 44.6. The number of halogens is 3. The Balaban J connectivity index is -0.000000787. The van der Waals surface area contributed by atoms with E-state index in [2.05, 4.69) is 57.6 Å². The molecule has 0 fully saturated rings. The molecule has 2 atom stereocenters. The SMILES string of the molecule is C=C(/C=C\C(C)=C/C)/C(=C(\C(N)=O)c1cc(F)c(CC)cc1C)C(C)CC.CC.CC(N)C(C)(F)F.Cc1cccc(C)c1.OS. The van der Waals surface area contributed by atoms with Gasteiger partial charge in [0.2, 0.25) is 5.91 Å². The van der Waals surface area contributed by atoms with Crippen LogP contribution in [-0.2, 0) is 11.2 Å². The van der Waals surface area contributed by atoms with Crippen LogP contribution in [-0.4, -0.2) is 22.4 Å². The summed E-state index contributed by atoms with van der Waals surface area (Å²) >= 11 is 2.53. The summed E-state index contributed by atoms with van der Waals surface area (Å²) in [4.78, 5) is 12.4. The molecule has 0 bridgehead atoms. The van der Waals surface area contributed by atoms with Gasteiger partial charge in [-0.15, -0.1) is 0 Å². The van der Waals surface area contributed by atoms with E-state index in [1.54, 1.807) is 6.07 Å². The standard InChI is InChI=1S/C24H32FNO.C8H10.C4H9F2N.C2H6.H2OS/c1-8-15(4)11-12-17(6)22(16(5)9-2)23(24(26)27)20-14-21(25)19(10-3)13-18(20)7;1-7-4-3-5-8(2)6-7;1-3(7)4(2,5)6;2*1-2/h8,11-14,16H,6,9-10H2,1-5,7H3,(H2,26,27);3-6H,1-2H3;3H,7H2,1-2H3;1-2H3;1-2H/b12-11-,15-8-,23-22-;;;;. The predicted molar refractivity (Wildman–Crippen MR) is 197 cm³/mol. The smallest absolute Gasteiger partial charge is 0.259 e. The van der Waals surface area contributed by atoms with E-state index < -0.39 is 17.9 Å². The molecular weight excluding hydrogens is 605 g/mol. The lowest BCUT2D eigenvalue weighted by atomic mass is 9.83. The van der Waals surface area contributed by atoms with Gasteiger partial charge in [-0.05, 0) is 107 Å². The number of aryl methyl sites for hydroxylation is 4. The van der Waals surface area contributed by atoms with Crippen LogP contribution in [0.25, 0.3) is 5.57 Å². The van der Waals surface area contributed by atoms with Crippen LogP contribution < -0.4 is 11.5 Å². The average Bonchev–Trinajstić information content (AvgIpc) is 3.01. The lowest BCUT2D eigenvalue weighted by Crippen LogP contribution is -2.34. The van der Waals surface area contributed by atoms with E-state index in [1.807, 2.05) is 73.6 Å². The van der Waals surface area contributed by atoms with E-state index in [0.29, 0.717) is 23.1 Å². The Labute approximate surface area is 283 Å². The first kappa shape index (κ1) is 47.3. The quantitative estimate of drug-likeness (QED) is 0.0931. The molecule has 5 N–H and O–H groups in total. The Kier molecular flexibility index (Phi) is 25.8. The van der Waals surface area contributed by atoms with Crippen LogP contribution >= 0.6 is 12.9 Å². The van der Waals surface area contributed by atoms with Gasteiger partial charge in [0.05, 0.1) is 11.6 Å². The van der Waals surface area contributed by atoms with E-state index in [9.17, 15) is 18.0 Å². The molecule has 260 valence electrons. The van der Waals surface area contributed by atoms with E-state index in [-0.39, 0.29) is 11.7 Å². The molecule has 2 rings (SSSR count). The fourth-order valence-electron chi connectivity index (χ4n) is 3.84. The van der Waals surface area contributed by atoms with Gasteiger partial charge in [0, 0.05) is 6.92 Å². The van der Waals surface area contributed by atoms with Crippen LogP contribution in [0.2, 0.25) is 0 Å². The molecule has 0 saturated heterocycles. The van der Waals surface area contributed by atoms with Gasteiger partial charge in [0.25, 0.3) is 5.92 Å². The van der Waals surface area contributed by atoms with Gasteiger partial charge in [0.1, 0.15) is 5.82 Å². The van der Waals surface area contributed by atoms with Gasteiger partial charge in [-0.25, -0.2) is 13.2 Å². The second-order valence-corrected chi connectivity index (χ2v) is 10.9. The minimum absolute atomic E-state index is 0.0591. The number of carbonyl (C=O) groups excluding carboxylic acids is 1. The summed E-state index contributed by atoms with van der Waals surface area (Å²) in [5, 5.41) is 0. The molecule has 0 aromatic heterocycles. The van der Waals surface area contributed by atoms with Crippen LogP contribution in [0.1, 0.15) is 96.6 Å². The largest absolute Gasteiger partial charge is 0.366 e. The zero-order chi connectivity index (χ0) is 36.8. The number of rotatable bonds is 9. The summed E-state index contributed by atoms with van der Waals surface area (Å²) in [5.74, 6) is -3.54. The first-order valence-electron chi connectivity index (χ1n) is 15.6. The molecule has 4 nitrogen and oxygen atoms in total. The van der Waals surface area contributed by atoms with Crippen LogP contribution in [0, 0.1) is 32.5 Å². The van der Waals surface area contributed by atoms with Crippen molar-refractivity contribution in [3.05, 3.63) is 112 Å². The first-order valence-corrected chi connectivity index (χ1v) is 16.0. The Morgan fingerprint density at radius 2 is 1.52 bits per heavy atom. The first-order chi connectivity index (χ1) is 21.4. The third kappa shape index (κ3) is 18.2. The van der Waals surface area contributed by atoms with Crippen molar-refractivity contribution in [1.82, 2.24) is 0 Å². The molecule has 2 aromatic carbocycles. The van der Waals surface area contributed by atoms with Crippen LogP contribution in [0.5, 0.6) is 0 Å². The number of hydrogen-bond acceptors (Lipinski definition) is 4. The van der Waals surface area contributed by atoms with E-state index in [1.165, 1.54) is 24.1 Å². The van der Waals surface area contributed by atoms with Crippen molar-refractivity contribution < 1.29 is 22.5 Å². The molecule has 8 heteroatoms. The highest BCUT2D eigenvalue weighted by molar-refractivity contribution is 7.74. The maximum absolute atomic E-state index is 14.5. The summed E-state index contributed by atoms with van der Waals surface area (Å²) in [7, 11) is 0. The Morgan fingerprint density at radius 3 is 1.85 bits per heavy atom. The number of alkyl halides is 2. The van der Waals surface area contributed by atoms with Crippen LogP contribution in [0.4, 0.5) is 13.2 Å². The van der Waals surface area contributed by atoms with Gasteiger partial charge >= 0.3 is 0 Å². The van der Waals surface area contributed by atoms with Crippen molar-refractivity contribution in [2.24, 2.45) is 17.4 Å². The molecule has 46 heavy (non-hydrogen) atoms. The zero-order valence-corrected chi connectivity index (χ0v) is 31.0. The van der Waals surface area contributed by atoms with Gasteiger partial charge in [-0.1, -0.05) is 106 Å². The van der Waals surface area contributed by atoms with Crippen molar-refractivity contribution >= 4 is 24.4 Å². The Bertz CT molecular complexity index is 1280. The topological polar surface area (TPSA) is 89.3 Å². The molecular formula is C38H59F3N2O2S. The fraction of sp³-hybridized carbons (Fsp3) is 0.447. The molecule has 0 aliphatic heterocycles. The highest BCUT2D eigenvalue weighted by atomic mass is 32.1. The summed E-state index contributed by atoms with van der Waals surface area (Å²) in [5.41, 5.74) is 18.2. The summed E-state index contributed by atoms with van der Waals surface area (Å²) in [6, 6.07) is 10.6. The number of thiol groups is 1. The second kappa shape index (κ2) is 25.1. The van der Waals surface area contributed by atoms with Gasteiger partial charge in [0.15, 0.2) is 0 Å². The fourth-order valence-corrected chi connectivity index (χ4v) is 3.84. The molecule has 1 amide bonds. The lowest BCUT2D eigenvalue weighted by molar-refractivity contribution is -0.112. The maximum Gasteiger partial charge on any atom is 0.259 e. The number of hydrogen-bond donors (Lipinski definition) is 4. The van der Waals surface area contributed by atoms with Crippen molar-refractivity contribution in [3.63, 3.8) is 0 Å². The summed E-state index contributed by atoms with van der Waals surface area (Å²) in [6.45, 7) is 26.3. The normalized spacial score (nSPS) is 12.8. The highest BCUT2D eigenvalue weighted by Gasteiger charge is 2.26. The number of allylic oxidation sites excluding steroid dienone is 6. The number of carbonyl (C=O) groups is 1. The molecule has 2 unspecified atom stereocenters. The number of primary amides is 1. The van der Waals surface area contributed by atoms with Crippen LogP contribution in [0.3, 0.4) is 0 Å². The van der Waals surface area contributed by atoms with Crippen molar-refractivity contribution in [2.75, 3.05) is 0 Å². The molecule has 0 saturated carbocycles. The summed E-state index contributed by atoms with van der Waals surface area (Å²) in [6.07, 6.45) is 7.26. The monoisotopic (exact) mass is 664 g/mol. The van der Waals surface area contributed by atoms with Crippen molar-refractivity contribution in [1.29, 1.82) is 0 Å². The van der Waals surface area contributed by atoms with Crippen molar-refractivity contribution in [3.8, 4) is 0 Å². The van der Waals surface area contributed by atoms with Gasteiger partial charge < -0.3 is 16.0 Å². The third-order valence-corrected chi connectivity index (χ3v) is 6.99. The zero-order valence-electron chi connectivity index (χ0n) is 30.1. The van der Waals surface area contributed by atoms with Gasteiger partial charge in [-0.2, -0.15) is 0 Å². The van der Waals surface area contributed by atoms with E-state index >= 15 is 0 Å². The minimum Gasteiger partial charge on any atom is -0.366 e. The molecule has 0 heterocycles. The Morgan fingerprint density at radius 1 is 1.04 bits per heavy atom. The highest BCUT2D eigenvalue weighted by Crippen LogP contribution is 2.34. The number of amides is 1. The second-order valence-electron chi connectivity index (χ2n) is 10.9.